The van der Waals surface area contributed by atoms with E-state index in [1.54, 1.807) is 14.0 Å². The van der Waals surface area contributed by atoms with Crippen molar-refractivity contribution >= 4 is 17.5 Å². The van der Waals surface area contributed by atoms with Crippen molar-refractivity contribution in [3.8, 4) is 0 Å². The molecule has 138 valence electrons. The maximum Gasteiger partial charge on any atom is 0.272 e. The molecule has 1 N–H and O–H groups in total. The van der Waals surface area contributed by atoms with Gasteiger partial charge in [-0.1, -0.05) is 11.6 Å². The van der Waals surface area contributed by atoms with Crippen molar-refractivity contribution < 1.29 is 14.3 Å². The number of halogens is 1. The van der Waals surface area contributed by atoms with Gasteiger partial charge in [-0.05, 0) is 26.2 Å². The van der Waals surface area contributed by atoms with Gasteiger partial charge >= 0.3 is 0 Å². The Balaban J connectivity index is 1.54. The van der Waals surface area contributed by atoms with Gasteiger partial charge in [-0.2, -0.15) is 0 Å². The molecule has 2 aliphatic heterocycles. The van der Waals surface area contributed by atoms with Crippen molar-refractivity contribution in [2.75, 3.05) is 33.4 Å². The summed E-state index contributed by atoms with van der Waals surface area (Å²) in [7, 11) is 1.73. The maximum atomic E-state index is 12.7. The number of piperidine rings is 1. The number of rotatable bonds is 4. The molecule has 0 aliphatic carbocycles. The molecular weight excluding hydrogens is 344 g/mol. The number of nitrogens with zero attached hydrogens (tertiary/aromatic N) is 3. The maximum absolute atomic E-state index is 12.7. The summed E-state index contributed by atoms with van der Waals surface area (Å²) < 4.78 is 11.0. The second kappa shape index (κ2) is 8.40. The van der Waals surface area contributed by atoms with Crippen LogP contribution in [0.4, 0.5) is 0 Å². The van der Waals surface area contributed by atoms with Crippen LogP contribution >= 0.6 is 11.6 Å². The van der Waals surface area contributed by atoms with E-state index in [-0.39, 0.29) is 12.0 Å². The Morgan fingerprint density at radius 2 is 2.12 bits per heavy atom. The van der Waals surface area contributed by atoms with E-state index in [1.807, 2.05) is 4.90 Å². The van der Waals surface area contributed by atoms with Gasteiger partial charge in [0.2, 0.25) is 0 Å². The fraction of sp³-hybridized carbons (Fsp3) is 0.706. The van der Waals surface area contributed by atoms with E-state index in [1.165, 1.54) is 6.33 Å². The number of carbonyl (C=O) groups is 1. The first-order valence-electron chi connectivity index (χ1n) is 8.73. The number of aromatic nitrogens is 2. The molecule has 0 radical (unpaired) electrons. The summed E-state index contributed by atoms with van der Waals surface area (Å²) in [5, 5.41) is 4.02. The first-order valence-corrected chi connectivity index (χ1v) is 9.11. The van der Waals surface area contributed by atoms with Gasteiger partial charge in [0.1, 0.15) is 17.2 Å². The molecule has 2 saturated heterocycles. The molecule has 8 heteroatoms. The van der Waals surface area contributed by atoms with Gasteiger partial charge in [-0.3, -0.25) is 4.79 Å². The van der Waals surface area contributed by atoms with Crippen molar-refractivity contribution in [2.24, 2.45) is 0 Å². The van der Waals surface area contributed by atoms with E-state index in [0.717, 1.165) is 25.9 Å². The van der Waals surface area contributed by atoms with Crippen LogP contribution in [0.5, 0.6) is 0 Å². The average molecular weight is 369 g/mol. The molecule has 25 heavy (non-hydrogen) atoms. The largest absolute Gasteiger partial charge is 0.379 e. The van der Waals surface area contributed by atoms with Crippen molar-refractivity contribution in [1.29, 1.82) is 0 Å². The number of hydrogen-bond acceptors (Lipinski definition) is 6. The predicted molar refractivity (Wildman–Crippen MR) is 93.9 cm³/mol. The van der Waals surface area contributed by atoms with Crippen LogP contribution in [0.15, 0.2) is 6.33 Å². The first kappa shape index (κ1) is 18.5. The molecule has 0 aromatic carbocycles. The second-order valence-electron chi connectivity index (χ2n) is 6.62. The van der Waals surface area contributed by atoms with Crippen LogP contribution in [-0.2, 0) is 9.47 Å². The monoisotopic (exact) mass is 368 g/mol. The van der Waals surface area contributed by atoms with Crippen LogP contribution in [0.1, 0.15) is 35.3 Å². The summed E-state index contributed by atoms with van der Waals surface area (Å²) >= 11 is 6.00. The molecule has 1 aromatic heterocycles. The Labute approximate surface area is 153 Å². The molecule has 0 spiro atoms. The SMILES string of the molecule is COC1COCCC1NC1CCN(C(=O)c2ncnc(Cl)c2C)CC1. The van der Waals surface area contributed by atoms with Gasteiger partial charge in [0.15, 0.2) is 0 Å². The van der Waals surface area contributed by atoms with E-state index in [9.17, 15) is 4.79 Å². The number of ether oxygens (including phenoxy) is 2. The topological polar surface area (TPSA) is 76.6 Å². The minimum Gasteiger partial charge on any atom is -0.379 e. The molecule has 1 aromatic rings. The highest BCUT2D eigenvalue weighted by Gasteiger charge is 2.31. The van der Waals surface area contributed by atoms with Crippen LogP contribution in [-0.4, -0.2) is 72.4 Å². The van der Waals surface area contributed by atoms with Crippen LogP contribution < -0.4 is 5.32 Å². The number of hydrogen-bond donors (Lipinski definition) is 1. The summed E-state index contributed by atoms with van der Waals surface area (Å²) in [6.07, 6.45) is 4.22. The number of likely N-dealkylation sites (tertiary alicyclic amines) is 1. The zero-order valence-electron chi connectivity index (χ0n) is 14.7. The Morgan fingerprint density at radius 1 is 1.36 bits per heavy atom. The van der Waals surface area contributed by atoms with Gasteiger partial charge < -0.3 is 19.7 Å². The quantitative estimate of drug-likeness (QED) is 0.810. The Bertz CT molecular complexity index is 608. The van der Waals surface area contributed by atoms with Gasteiger partial charge in [0, 0.05) is 44.5 Å². The van der Waals surface area contributed by atoms with Crippen molar-refractivity contribution in [3.63, 3.8) is 0 Å². The fourth-order valence-corrected chi connectivity index (χ4v) is 3.61. The Kier molecular flexibility index (Phi) is 6.22. The molecule has 1 amide bonds. The van der Waals surface area contributed by atoms with E-state index >= 15 is 0 Å². The highest BCUT2D eigenvalue weighted by Crippen LogP contribution is 2.20. The van der Waals surface area contributed by atoms with Gasteiger partial charge in [0.25, 0.3) is 5.91 Å². The highest BCUT2D eigenvalue weighted by atomic mass is 35.5. The zero-order chi connectivity index (χ0) is 17.8. The number of nitrogens with one attached hydrogen (secondary N) is 1. The summed E-state index contributed by atoms with van der Waals surface area (Å²) in [6, 6.07) is 0.703. The normalized spacial score (nSPS) is 25.2. The standard InChI is InChI=1S/C17H25ClN4O3/c1-11-15(19-10-20-16(11)18)17(23)22-6-3-12(4-7-22)21-13-5-8-25-9-14(13)24-2/h10,12-14,21H,3-9H2,1-2H3. The van der Waals surface area contributed by atoms with E-state index in [2.05, 4.69) is 15.3 Å². The van der Waals surface area contributed by atoms with Gasteiger partial charge in [-0.15, -0.1) is 0 Å². The lowest BCUT2D eigenvalue weighted by Crippen LogP contribution is -2.54. The summed E-state index contributed by atoms with van der Waals surface area (Å²) in [4.78, 5) is 22.6. The minimum absolute atomic E-state index is 0.0684. The van der Waals surface area contributed by atoms with Crippen molar-refractivity contribution in [1.82, 2.24) is 20.2 Å². The van der Waals surface area contributed by atoms with E-state index < -0.39 is 0 Å². The number of amides is 1. The fourth-order valence-electron chi connectivity index (χ4n) is 3.48. The molecule has 3 rings (SSSR count). The van der Waals surface area contributed by atoms with Crippen molar-refractivity contribution in [3.05, 3.63) is 22.7 Å². The third-order valence-corrected chi connectivity index (χ3v) is 5.44. The van der Waals surface area contributed by atoms with E-state index in [4.69, 9.17) is 21.1 Å². The Morgan fingerprint density at radius 3 is 2.84 bits per heavy atom. The second-order valence-corrected chi connectivity index (χ2v) is 6.97. The molecule has 0 saturated carbocycles. The van der Waals surface area contributed by atoms with Gasteiger partial charge in [0.05, 0.1) is 12.7 Å². The minimum atomic E-state index is -0.0684. The highest BCUT2D eigenvalue weighted by molar-refractivity contribution is 6.30. The number of carbonyl (C=O) groups excluding carboxylic acids is 1. The average Bonchev–Trinajstić information content (AvgIpc) is 2.64. The molecule has 2 atom stereocenters. The molecule has 2 unspecified atom stereocenters. The predicted octanol–water partition coefficient (Wildman–Crippen LogP) is 1.44. The first-order chi connectivity index (χ1) is 12.1. The molecule has 2 aliphatic rings. The van der Waals surface area contributed by atoms with Gasteiger partial charge in [-0.25, -0.2) is 9.97 Å². The lowest BCUT2D eigenvalue weighted by Gasteiger charge is -2.38. The molecule has 0 bridgehead atoms. The molecule has 2 fully saturated rings. The molecule has 7 nitrogen and oxygen atoms in total. The smallest absolute Gasteiger partial charge is 0.272 e. The third-order valence-electron chi connectivity index (χ3n) is 5.06. The lowest BCUT2D eigenvalue weighted by atomic mass is 9.99. The Hall–Kier alpha value is -1.28. The molecule has 3 heterocycles. The summed E-state index contributed by atoms with van der Waals surface area (Å²) in [5.41, 5.74) is 1.04. The van der Waals surface area contributed by atoms with Crippen molar-refractivity contribution in [2.45, 2.75) is 44.4 Å². The lowest BCUT2D eigenvalue weighted by molar-refractivity contribution is -0.0533. The molecular formula is C17H25ClN4O3. The van der Waals surface area contributed by atoms with Crippen LogP contribution in [0.3, 0.4) is 0 Å². The summed E-state index contributed by atoms with van der Waals surface area (Å²) in [5.74, 6) is -0.0684. The van der Waals surface area contributed by atoms with E-state index in [0.29, 0.717) is 48.2 Å². The van der Waals surface area contributed by atoms with Crippen LogP contribution in [0.25, 0.3) is 0 Å². The summed E-state index contributed by atoms with van der Waals surface area (Å²) in [6.45, 7) is 4.60. The third kappa shape index (κ3) is 4.28. The zero-order valence-corrected chi connectivity index (χ0v) is 15.5. The number of methoxy groups -OCH3 is 1. The van der Waals surface area contributed by atoms with Crippen LogP contribution in [0, 0.1) is 6.92 Å². The van der Waals surface area contributed by atoms with Crippen LogP contribution in [0.2, 0.25) is 5.15 Å².